The third-order valence-electron chi connectivity index (χ3n) is 4.54. The van der Waals surface area contributed by atoms with Gasteiger partial charge in [-0.05, 0) is 55.7 Å². The molecule has 0 saturated heterocycles. The molecule has 1 aromatic heterocycles. The van der Waals surface area contributed by atoms with Crippen LogP contribution in [0.3, 0.4) is 0 Å². The van der Waals surface area contributed by atoms with Crippen molar-refractivity contribution in [1.29, 1.82) is 0 Å². The van der Waals surface area contributed by atoms with Crippen molar-refractivity contribution >= 4 is 11.6 Å². The number of nitrogens with one attached hydrogen (secondary N) is 1. The predicted molar refractivity (Wildman–Crippen MR) is 108 cm³/mol. The van der Waals surface area contributed by atoms with Gasteiger partial charge in [0.2, 0.25) is 5.91 Å². The third kappa shape index (κ3) is 4.17. The molecule has 0 aliphatic carbocycles. The molecule has 1 N–H and O–H groups in total. The number of halogens is 1. The van der Waals surface area contributed by atoms with Gasteiger partial charge >= 0.3 is 0 Å². The molecule has 0 unspecified atom stereocenters. The molecule has 5 nitrogen and oxygen atoms in total. The summed E-state index contributed by atoms with van der Waals surface area (Å²) in [6.07, 6.45) is 0.782. The highest BCUT2D eigenvalue weighted by Gasteiger charge is 2.15. The van der Waals surface area contributed by atoms with E-state index in [4.69, 9.17) is 0 Å². The summed E-state index contributed by atoms with van der Waals surface area (Å²) in [6.45, 7) is 5.47. The molecule has 1 heterocycles. The third-order valence-corrected chi connectivity index (χ3v) is 4.54. The maximum absolute atomic E-state index is 13.3. The van der Waals surface area contributed by atoms with Crippen LogP contribution < -0.4 is 10.9 Å². The Morgan fingerprint density at radius 2 is 1.86 bits per heavy atom. The van der Waals surface area contributed by atoms with Crippen LogP contribution in [0.4, 0.5) is 10.1 Å². The van der Waals surface area contributed by atoms with Gasteiger partial charge in [0.1, 0.15) is 18.2 Å². The average Bonchev–Trinajstić information content (AvgIpc) is 2.66. The van der Waals surface area contributed by atoms with Crippen LogP contribution in [0.25, 0.3) is 11.4 Å². The summed E-state index contributed by atoms with van der Waals surface area (Å²) in [5.41, 5.74) is 3.53. The second-order valence-corrected chi connectivity index (χ2v) is 6.66. The molecule has 0 radical (unpaired) electrons. The first kappa shape index (κ1) is 19.5. The number of hydrogen-bond acceptors (Lipinski definition) is 3. The van der Waals surface area contributed by atoms with E-state index in [1.54, 1.807) is 19.1 Å². The van der Waals surface area contributed by atoms with E-state index in [1.807, 2.05) is 32.0 Å². The minimum absolute atomic E-state index is 0.184. The van der Waals surface area contributed by atoms with Crippen LogP contribution >= 0.6 is 0 Å². The van der Waals surface area contributed by atoms with Gasteiger partial charge in [0.25, 0.3) is 5.56 Å². The lowest BCUT2D eigenvalue weighted by Gasteiger charge is -2.15. The first-order valence-electron chi connectivity index (χ1n) is 9.11. The highest BCUT2D eigenvalue weighted by atomic mass is 19.1. The van der Waals surface area contributed by atoms with E-state index in [0.717, 1.165) is 23.2 Å². The second-order valence-electron chi connectivity index (χ2n) is 6.66. The van der Waals surface area contributed by atoms with E-state index in [0.29, 0.717) is 17.1 Å². The van der Waals surface area contributed by atoms with Crippen LogP contribution in [-0.4, -0.2) is 15.5 Å². The molecule has 0 bridgehead atoms. The second kappa shape index (κ2) is 8.17. The summed E-state index contributed by atoms with van der Waals surface area (Å²) in [5.74, 6) is -0.365. The smallest absolute Gasteiger partial charge is 0.254 e. The number of carbonyl (C=O) groups excluding carboxylic acids is 1. The molecule has 28 heavy (non-hydrogen) atoms. The van der Waals surface area contributed by atoms with Crippen molar-refractivity contribution < 1.29 is 9.18 Å². The fourth-order valence-electron chi connectivity index (χ4n) is 3.12. The molecule has 1 amide bonds. The highest BCUT2D eigenvalue weighted by Crippen LogP contribution is 2.21. The van der Waals surface area contributed by atoms with E-state index in [1.165, 1.54) is 22.8 Å². The summed E-state index contributed by atoms with van der Waals surface area (Å²) in [5, 5.41) is 2.92. The van der Waals surface area contributed by atoms with E-state index >= 15 is 0 Å². The number of amides is 1. The van der Waals surface area contributed by atoms with Crippen molar-refractivity contribution in [2.24, 2.45) is 0 Å². The molecule has 0 saturated carbocycles. The van der Waals surface area contributed by atoms with Crippen LogP contribution in [0.15, 0.2) is 53.3 Å². The maximum Gasteiger partial charge on any atom is 0.254 e. The molecule has 0 atom stereocenters. The molecule has 0 aliphatic heterocycles. The van der Waals surface area contributed by atoms with Gasteiger partial charge in [0.05, 0.1) is 0 Å². The molecular weight excluding hydrogens is 357 g/mol. The van der Waals surface area contributed by atoms with Gasteiger partial charge in [0, 0.05) is 23.0 Å². The van der Waals surface area contributed by atoms with Crippen molar-refractivity contribution in [3.05, 3.63) is 81.5 Å². The van der Waals surface area contributed by atoms with Gasteiger partial charge in [-0.2, -0.15) is 0 Å². The van der Waals surface area contributed by atoms with Crippen LogP contribution in [0.1, 0.15) is 23.7 Å². The van der Waals surface area contributed by atoms with Gasteiger partial charge in [0.15, 0.2) is 0 Å². The highest BCUT2D eigenvalue weighted by molar-refractivity contribution is 5.92. The zero-order chi connectivity index (χ0) is 20.3. The van der Waals surface area contributed by atoms with Crippen LogP contribution in [0, 0.1) is 19.7 Å². The van der Waals surface area contributed by atoms with Crippen molar-refractivity contribution in [3.8, 4) is 11.4 Å². The lowest BCUT2D eigenvalue weighted by atomic mass is 10.1. The number of benzene rings is 2. The molecule has 0 spiro atoms. The largest absolute Gasteiger partial charge is 0.324 e. The zero-order valence-electron chi connectivity index (χ0n) is 16.1. The first-order chi connectivity index (χ1) is 13.4. The minimum atomic E-state index is -0.380. The summed E-state index contributed by atoms with van der Waals surface area (Å²) >= 11 is 0. The molecule has 6 heteroatoms. The lowest BCUT2D eigenvalue weighted by Crippen LogP contribution is -2.30. The number of carbonyl (C=O) groups is 1. The number of aromatic nitrogens is 2. The zero-order valence-corrected chi connectivity index (χ0v) is 16.1. The lowest BCUT2D eigenvalue weighted by molar-refractivity contribution is -0.116. The van der Waals surface area contributed by atoms with E-state index in [9.17, 15) is 14.0 Å². The quantitative estimate of drug-likeness (QED) is 0.732. The Bertz CT molecular complexity index is 1070. The van der Waals surface area contributed by atoms with Crippen molar-refractivity contribution in [2.75, 3.05) is 5.32 Å². The fraction of sp³-hybridized carbons (Fsp3) is 0.227. The minimum Gasteiger partial charge on any atom is -0.324 e. The molecule has 144 valence electrons. The van der Waals surface area contributed by atoms with E-state index in [-0.39, 0.29) is 23.8 Å². The molecular formula is C22H22FN3O2. The normalized spacial score (nSPS) is 10.7. The van der Waals surface area contributed by atoms with Gasteiger partial charge in [-0.15, -0.1) is 0 Å². The number of para-hydroxylation sites is 1. The van der Waals surface area contributed by atoms with Gasteiger partial charge in [-0.1, -0.05) is 25.1 Å². The molecule has 2 aromatic carbocycles. The Morgan fingerprint density at radius 3 is 2.54 bits per heavy atom. The Kier molecular flexibility index (Phi) is 5.68. The van der Waals surface area contributed by atoms with Crippen LogP contribution in [0.2, 0.25) is 0 Å². The van der Waals surface area contributed by atoms with Crippen molar-refractivity contribution in [1.82, 2.24) is 9.55 Å². The van der Waals surface area contributed by atoms with Gasteiger partial charge in [-0.25, -0.2) is 9.37 Å². The SMILES string of the molecule is CCc1cccc(C)c1NC(=O)Cn1c(-c2ccc(F)cc2)nc(C)cc1=O. The van der Waals surface area contributed by atoms with Gasteiger partial charge in [-0.3, -0.25) is 14.2 Å². The molecule has 0 fully saturated rings. The number of hydrogen-bond donors (Lipinski definition) is 1. The van der Waals surface area contributed by atoms with E-state index in [2.05, 4.69) is 10.3 Å². The van der Waals surface area contributed by atoms with Crippen molar-refractivity contribution in [3.63, 3.8) is 0 Å². The summed E-state index contributed by atoms with van der Waals surface area (Å²) in [6, 6.07) is 12.9. The van der Waals surface area contributed by atoms with Crippen molar-refractivity contribution in [2.45, 2.75) is 33.7 Å². The molecule has 3 aromatic rings. The number of nitrogens with zero attached hydrogens (tertiary/aromatic N) is 2. The number of aryl methyl sites for hydroxylation is 3. The van der Waals surface area contributed by atoms with E-state index < -0.39 is 0 Å². The molecule has 0 aliphatic rings. The molecule has 3 rings (SSSR count). The topological polar surface area (TPSA) is 64.0 Å². The Labute approximate surface area is 162 Å². The fourth-order valence-corrected chi connectivity index (χ4v) is 3.12. The maximum atomic E-state index is 13.3. The summed E-state index contributed by atoms with van der Waals surface area (Å²) in [7, 11) is 0. The van der Waals surface area contributed by atoms with Crippen LogP contribution in [-0.2, 0) is 17.8 Å². The van der Waals surface area contributed by atoms with Crippen LogP contribution in [0.5, 0.6) is 0 Å². The standard InChI is InChI=1S/C22H22FN3O2/c1-4-16-7-5-6-14(2)21(16)25-19(27)13-26-20(28)12-15(3)24-22(26)17-8-10-18(23)11-9-17/h5-12H,4,13H2,1-3H3,(H,25,27). The predicted octanol–water partition coefficient (Wildman–Crippen LogP) is 3.87. The first-order valence-corrected chi connectivity index (χ1v) is 9.11. The average molecular weight is 379 g/mol. The number of anilines is 1. The Hall–Kier alpha value is -3.28. The Morgan fingerprint density at radius 1 is 1.14 bits per heavy atom. The summed E-state index contributed by atoms with van der Waals surface area (Å²) in [4.78, 5) is 29.7. The van der Waals surface area contributed by atoms with Gasteiger partial charge < -0.3 is 5.32 Å². The Balaban J connectivity index is 1.95. The number of rotatable bonds is 5. The summed E-state index contributed by atoms with van der Waals surface area (Å²) < 4.78 is 14.6. The monoisotopic (exact) mass is 379 g/mol.